The van der Waals surface area contributed by atoms with Gasteiger partial charge in [-0.25, -0.2) is 13.2 Å². The van der Waals surface area contributed by atoms with E-state index in [-0.39, 0.29) is 23.0 Å². The average Bonchev–Trinajstić information content (AvgIpc) is 2.65. The quantitative estimate of drug-likeness (QED) is 0.525. The van der Waals surface area contributed by atoms with Crippen molar-refractivity contribution >= 4 is 21.9 Å². The van der Waals surface area contributed by atoms with Gasteiger partial charge in [-0.3, -0.25) is 4.79 Å². The molecule has 1 saturated heterocycles. The third-order valence-corrected chi connectivity index (χ3v) is 6.60. The minimum atomic E-state index is -3.59. The van der Waals surface area contributed by atoms with E-state index in [0.717, 1.165) is 19.3 Å². The summed E-state index contributed by atoms with van der Waals surface area (Å²) >= 11 is 0. The lowest BCUT2D eigenvalue weighted by Crippen LogP contribution is -2.42. The number of ether oxygens (including phenoxy) is 1. The SMILES string of the molecule is CCCCNC(=O)COC(=O)c1ccc(S(=O)(=O)N2C[C@@H](C)C[C@H](C)C2)cc1. The molecule has 0 saturated carbocycles. The number of unbranched alkanes of at least 4 members (excludes halogenated alkanes) is 1. The summed E-state index contributed by atoms with van der Waals surface area (Å²) in [4.78, 5) is 23.8. The standard InChI is InChI=1S/C20H30N2O5S/c1-4-5-10-21-19(23)14-27-20(24)17-6-8-18(9-7-17)28(25,26)22-12-15(2)11-16(3)13-22/h6-9,15-16H,4-5,10-14H2,1-3H3,(H,21,23)/t15-,16-/m0/s1. The Morgan fingerprint density at radius 3 is 2.32 bits per heavy atom. The highest BCUT2D eigenvalue weighted by molar-refractivity contribution is 7.89. The molecule has 2 rings (SSSR count). The lowest BCUT2D eigenvalue weighted by molar-refractivity contribution is -0.124. The molecular weight excluding hydrogens is 380 g/mol. The predicted octanol–water partition coefficient (Wildman–Crippen LogP) is 2.43. The van der Waals surface area contributed by atoms with Crippen LogP contribution in [0.5, 0.6) is 0 Å². The van der Waals surface area contributed by atoms with Crippen molar-refractivity contribution < 1.29 is 22.7 Å². The second-order valence-corrected chi connectivity index (χ2v) is 9.51. The second kappa shape index (κ2) is 10.0. The Kier molecular flexibility index (Phi) is 8.00. The molecule has 0 aliphatic carbocycles. The number of hydrogen-bond donors (Lipinski definition) is 1. The van der Waals surface area contributed by atoms with Gasteiger partial charge < -0.3 is 10.1 Å². The Hall–Kier alpha value is -1.93. The normalized spacial score (nSPS) is 20.5. The summed E-state index contributed by atoms with van der Waals surface area (Å²) in [6.45, 7) is 7.32. The number of benzene rings is 1. The first-order valence-electron chi connectivity index (χ1n) is 9.78. The maximum atomic E-state index is 12.9. The average molecular weight is 411 g/mol. The summed E-state index contributed by atoms with van der Waals surface area (Å²) in [5.74, 6) is -0.378. The first-order chi connectivity index (χ1) is 13.2. The van der Waals surface area contributed by atoms with Crippen LogP contribution in [0.4, 0.5) is 0 Å². The molecule has 1 aliphatic rings. The topological polar surface area (TPSA) is 92.8 Å². The first kappa shape index (κ1) is 22.4. The summed E-state index contributed by atoms with van der Waals surface area (Å²) < 4.78 is 32.2. The Morgan fingerprint density at radius 2 is 1.75 bits per heavy atom. The zero-order chi connectivity index (χ0) is 20.7. The highest BCUT2D eigenvalue weighted by Gasteiger charge is 2.31. The van der Waals surface area contributed by atoms with Gasteiger partial charge in [0.2, 0.25) is 10.0 Å². The van der Waals surface area contributed by atoms with Crippen LogP contribution in [0, 0.1) is 11.8 Å². The highest BCUT2D eigenvalue weighted by Crippen LogP contribution is 2.26. The molecule has 0 spiro atoms. The Labute approximate surface area is 167 Å². The van der Waals surface area contributed by atoms with Crippen LogP contribution in [0.3, 0.4) is 0 Å². The number of sulfonamides is 1. The van der Waals surface area contributed by atoms with Crippen molar-refractivity contribution in [2.45, 2.75) is 44.9 Å². The fourth-order valence-electron chi connectivity index (χ4n) is 3.38. The molecule has 1 amide bonds. The highest BCUT2D eigenvalue weighted by atomic mass is 32.2. The van der Waals surface area contributed by atoms with Crippen LogP contribution in [-0.2, 0) is 19.6 Å². The van der Waals surface area contributed by atoms with Crippen LogP contribution < -0.4 is 5.32 Å². The van der Waals surface area contributed by atoms with Crippen LogP contribution in [0.25, 0.3) is 0 Å². The number of nitrogens with zero attached hydrogens (tertiary/aromatic N) is 1. The fourth-order valence-corrected chi connectivity index (χ4v) is 5.06. The maximum absolute atomic E-state index is 12.9. The number of amides is 1. The van der Waals surface area contributed by atoms with Gasteiger partial charge in [0.25, 0.3) is 5.91 Å². The smallest absolute Gasteiger partial charge is 0.338 e. The lowest BCUT2D eigenvalue weighted by Gasteiger charge is -2.34. The molecule has 8 heteroatoms. The third-order valence-electron chi connectivity index (χ3n) is 4.75. The molecule has 1 fully saturated rings. The van der Waals surface area contributed by atoms with Crippen LogP contribution in [0.2, 0.25) is 0 Å². The molecule has 2 atom stereocenters. The van der Waals surface area contributed by atoms with E-state index >= 15 is 0 Å². The summed E-state index contributed by atoms with van der Waals surface area (Å²) in [5, 5.41) is 2.66. The van der Waals surface area contributed by atoms with Gasteiger partial charge in [-0.1, -0.05) is 27.2 Å². The number of carbonyl (C=O) groups excluding carboxylic acids is 2. The Balaban J connectivity index is 1.96. The first-order valence-corrected chi connectivity index (χ1v) is 11.2. The number of hydrogen-bond acceptors (Lipinski definition) is 5. The zero-order valence-corrected chi connectivity index (χ0v) is 17.6. The molecule has 1 aliphatic heterocycles. The number of esters is 1. The minimum Gasteiger partial charge on any atom is -0.452 e. The lowest BCUT2D eigenvalue weighted by atomic mass is 9.94. The maximum Gasteiger partial charge on any atom is 0.338 e. The van der Waals surface area contributed by atoms with Crippen molar-refractivity contribution in [3.8, 4) is 0 Å². The van der Waals surface area contributed by atoms with Gasteiger partial charge in [-0.15, -0.1) is 0 Å². The molecule has 156 valence electrons. The molecule has 7 nitrogen and oxygen atoms in total. The summed E-state index contributed by atoms with van der Waals surface area (Å²) in [5.41, 5.74) is 0.209. The molecular formula is C20H30N2O5S. The van der Waals surface area contributed by atoms with Gasteiger partial charge in [-0.05, 0) is 48.9 Å². The van der Waals surface area contributed by atoms with E-state index in [4.69, 9.17) is 4.74 Å². The van der Waals surface area contributed by atoms with Gasteiger partial charge in [0.15, 0.2) is 6.61 Å². The van der Waals surface area contributed by atoms with E-state index < -0.39 is 16.0 Å². The molecule has 0 unspecified atom stereocenters. The molecule has 0 aromatic heterocycles. The number of piperidine rings is 1. The van der Waals surface area contributed by atoms with Crippen LogP contribution >= 0.6 is 0 Å². The third kappa shape index (κ3) is 6.04. The Bertz CT molecular complexity index is 766. The van der Waals surface area contributed by atoms with Crippen LogP contribution in [-0.4, -0.2) is 50.8 Å². The van der Waals surface area contributed by atoms with Crippen molar-refractivity contribution in [1.82, 2.24) is 9.62 Å². The van der Waals surface area contributed by atoms with Gasteiger partial charge in [-0.2, -0.15) is 4.31 Å². The van der Waals surface area contributed by atoms with E-state index in [1.165, 1.54) is 28.6 Å². The molecule has 1 N–H and O–H groups in total. The predicted molar refractivity (Wildman–Crippen MR) is 106 cm³/mol. The molecule has 1 heterocycles. The molecule has 1 aromatic carbocycles. The van der Waals surface area contributed by atoms with Crippen molar-refractivity contribution in [2.75, 3.05) is 26.2 Å². The van der Waals surface area contributed by atoms with E-state index in [9.17, 15) is 18.0 Å². The van der Waals surface area contributed by atoms with E-state index in [2.05, 4.69) is 19.2 Å². The number of nitrogens with one attached hydrogen (secondary N) is 1. The second-order valence-electron chi connectivity index (χ2n) is 7.57. The minimum absolute atomic E-state index is 0.155. The fraction of sp³-hybridized carbons (Fsp3) is 0.600. The van der Waals surface area contributed by atoms with Gasteiger partial charge in [0, 0.05) is 19.6 Å². The van der Waals surface area contributed by atoms with Crippen molar-refractivity contribution in [2.24, 2.45) is 11.8 Å². The largest absolute Gasteiger partial charge is 0.452 e. The summed E-state index contributed by atoms with van der Waals surface area (Å²) in [6, 6.07) is 5.66. The van der Waals surface area contributed by atoms with E-state index in [1.807, 2.05) is 6.92 Å². The van der Waals surface area contributed by atoms with Crippen molar-refractivity contribution in [1.29, 1.82) is 0 Å². The summed E-state index contributed by atoms with van der Waals surface area (Å²) in [7, 11) is -3.59. The molecule has 1 aromatic rings. The zero-order valence-electron chi connectivity index (χ0n) is 16.8. The summed E-state index contributed by atoms with van der Waals surface area (Å²) in [6.07, 6.45) is 2.84. The van der Waals surface area contributed by atoms with E-state index in [0.29, 0.717) is 31.5 Å². The van der Waals surface area contributed by atoms with Gasteiger partial charge in [0.1, 0.15) is 0 Å². The molecule has 0 radical (unpaired) electrons. The van der Waals surface area contributed by atoms with Crippen molar-refractivity contribution in [3.63, 3.8) is 0 Å². The van der Waals surface area contributed by atoms with Crippen molar-refractivity contribution in [3.05, 3.63) is 29.8 Å². The van der Waals surface area contributed by atoms with Gasteiger partial charge in [0.05, 0.1) is 10.5 Å². The monoisotopic (exact) mass is 410 g/mol. The Morgan fingerprint density at radius 1 is 1.14 bits per heavy atom. The van der Waals surface area contributed by atoms with E-state index in [1.54, 1.807) is 0 Å². The van der Waals surface area contributed by atoms with Gasteiger partial charge >= 0.3 is 5.97 Å². The number of carbonyl (C=O) groups is 2. The number of rotatable bonds is 8. The van der Waals surface area contributed by atoms with Crippen LogP contribution in [0.1, 0.15) is 50.4 Å². The van der Waals surface area contributed by atoms with Crippen LogP contribution in [0.15, 0.2) is 29.2 Å². The molecule has 0 bridgehead atoms. The molecule has 28 heavy (non-hydrogen) atoms.